The molecule has 0 unspecified atom stereocenters. The van der Waals surface area contributed by atoms with Crippen LogP contribution in [0, 0.1) is 0 Å². The van der Waals surface area contributed by atoms with Gasteiger partial charge in [-0.05, 0) is 17.5 Å². The molecule has 0 spiro atoms. The molecule has 3 aromatic rings. The first-order chi connectivity index (χ1) is 15.0. The molecule has 11 nitrogen and oxygen atoms in total. The molecule has 164 valence electrons. The maximum absolute atomic E-state index is 10.3. The minimum Gasteiger partial charge on any atom is -0.394 e. The Labute approximate surface area is 178 Å². The molecule has 2 aromatic heterocycles. The molecular formula is C20H25N7O4. The SMILES string of the molecule is CCCc1cccc(/C=N\Nc2nc(N)c3ncn([C@@H]4O[C@H](CO)[C@@H](O)[C@H]4O)c3n2)c1. The van der Waals surface area contributed by atoms with Crippen molar-refractivity contribution >= 4 is 29.1 Å². The van der Waals surface area contributed by atoms with Gasteiger partial charge in [-0.1, -0.05) is 37.6 Å². The number of nitrogens with zero attached hydrogens (tertiary/aromatic N) is 5. The largest absolute Gasteiger partial charge is 0.394 e. The lowest BCUT2D eigenvalue weighted by molar-refractivity contribution is -0.0511. The van der Waals surface area contributed by atoms with Crippen LogP contribution in [0.5, 0.6) is 0 Å². The van der Waals surface area contributed by atoms with E-state index in [1.54, 1.807) is 6.21 Å². The summed E-state index contributed by atoms with van der Waals surface area (Å²) >= 11 is 0. The van der Waals surface area contributed by atoms with Crippen LogP contribution in [0.3, 0.4) is 0 Å². The molecule has 3 heterocycles. The molecule has 0 saturated carbocycles. The smallest absolute Gasteiger partial charge is 0.247 e. The van der Waals surface area contributed by atoms with Crippen molar-refractivity contribution in [1.82, 2.24) is 19.5 Å². The molecule has 1 aromatic carbocycles. The lowest BCUT2D eigenvalue weighted by atomic mass is 10.1. The van der Waals surface area contributed by atoms with E-state index >= 15 is 0 Å². The quantitative estimate of drug-likeness (QED) is 0.265. The summed E-state index contributed by atoms with van der Waals surface area (Å²) in [4.78, 5) is 12.7. The normalized spacial score (nSPS) is 23.7. The van der Waals surface area contributed by atoms with E-state index in [4.69, 9.17) is 10.5 Å². The van der Waals surface area contributed by atoms with Crippen molar-refractivity contribution in [2.24, 2.45) is 5.10 Å². The second-order valence-electron chi connectivity index (χ2n) is 7.35. The van der Waals surface area contributed by atoms with E-state index in [9.17, 15) is 15.3 Å². The van der Waals surface area contributed by atoms with Gasteiger partial charge in [0, 0.05) is 0 Å². The Morgan fingerprint density at radius 1 is 1.29 bits per heavy atom. The first-order valence-corrected chi connectivity index (χ1v) is 10.0. The number of hydrogen-bond acceptors (Lipinski definition) is 10. The van der Waals surface area contributed by atoms with Crippen molar-refractivity contribution in [3.8, 4) is 0 Å². The van der Waals surface area contributed by atoms with Gasteiger partial charge in [-0.15, -0.1) is 0 Å². The van der Waals surface area contributed by atoms with Gasteiger partial charge in [0.15, 0.2) is 17.7 Å². The fourth-order valence-electron chi connectivity index (χ4n) is 3.57. The van der Waals surface area contributed by atoms with Gasteiger partial charge >= 0.3 is 0 Å². The highest BCUT2D eigenvalue weighted by molar-refractivity contribution is 5.83. The van der Waals surface area contributed by atoms with Crippen molar-refractivity contribution in [2.75, 3.05) is 17.8 Å². The van der Waals surface area contributed by atoms with Crippen LogP contribution < -0.4 is 11.2 Å². The van der Waals surface area contributed by atoms with Gasteiger partial charge in [0.25, 0.3) is 0 Å². The monoisotopic (exact) mass is 427 g/mol. The van der Waals surface area contributed by atoms with Crippen LogP contribution >= 0.6 is 0 Å². The van der Waals surface area contributed by atoms with Crippen molar-refractivity contribution in [3.63, 3.8) is 0 Å². The number of aliphatic hydroxyl groups is 3. The molecule has 1 aliphatic rings. The van der Waals surface area contributed by atoms with Crippen LogP contribution in [0.1, 0.15) is 30.7 Å². The van der Waals surface area contributed by atoms with Gasteiger partial charge in [-0.3, -0.25) is 4.57 Å². The van der Waals surface area contributed by atoms with Gasteiger partial charge in [-0.25, -0.2) is 10.4 Å². The summed E-state index contributed by atoms with van der Waals surface area (Å²) in [6, 6.07) is 8.06. The average molecular weight is 427 g/mol. The summed E-state index contributed by atoms with van der Waals surface area (Å²) in [5, 5.41) is 33.8. The van der Waals surface area contributed by atoms with Crippen molar-refractivity contribution in [1.29, 1.82) is 0 Å². The predicted octanol–water partition coefficient (Wildman–Crippen LogP) is 0.418. The maximum Gasteiger partial charge on any atom is 0.247 e. The van der Waals surface area contributed by atoms with Gasteiger partial charge in [-0.2, -0.15) is 15.1 Å². The second kappa shape index (κ2) is 8.94. The van der Waals surface area contributed by atoms with Crippen LogP contribution in [0.25, 0.3) is 11.2 Å². The number of anilines is 2. The summed E-state index contributed by atoms with van der Waals surface area (Å²) in [5.74, 6) is 0.262. The number of nitrogens with two attached hydrogens (primary N) is 1. The molecule has 0 radical (unpaired) electrons. The Balaban J connectivity index is 1.57. The van der Waals surface area contributed by atoms with Gasteiger partial charge in [0.1, 0.15) is 23.8 Å². The van der Waals surface area contributed by atoms with Gasteiger partial charge in [0.2, 0.25) is 5.95 Å². The average Bonchev–Trinajstić information content (AvgIpc) is 3.30. The maximum atomic E-state index is 10.3. The van der Waals surface area contributed by atoms with E-state index in [0.717, 1.165) is 18.4 Å². The first kappa shape index (κ1) is 21.1. The summed E-state index contributed by atoms with van der Waals surface area (Å²) in [5.41, 5.74) is 11.5. The Morgan fingerprint density at radius 3 is 2.87 bits per heavy atom. The topological polar surface area (TPSA) is 164 Å². The fourth-order valence-corrected chi connectivity index (χ4v) is 3.57. The third kappa shape index (κ3) is 4.21. The number of rotatable bonds is 7. The van der Waals surface area contributed by atoms with E-state index in [1.807, 2.05) is 12.1 Å². The zero-order valence-corrected chi connectivity index (χ0v) is 17.0. The molecule has 0 aliphatic carbocycles. The Morgan fingerprint density at radius 2 is 2.13 bits per heavy atom. The van der Waals surface area contributed by atoms with Crippen LogP contribution in [0.2, 0.25) is 0 Å². The first-order valence-electron chi connectivity index (χ1n) is 10.0. The zero-order valence-electron chi connectivity index (χ0n) is 17.0. The molecule has 0 bridgehead atoms. The van der Waals surface area contributed by atoms with E-state index in [1.165, 1.54) is 16.5 Å². The van der Waals surface area contributed by atoms with Crippen LogP contribution in [-0.2, 0) is 11.2 Å². The molecule has 31 heavy (non-hydrogen) atoms. The minimum atomic E-state index is -1.27. The number of aryl methyl sites for hydroxylation is 1. The van der Waals surface area contributed by atoms with Crippen LogP contribution in [-0.4, -0.2) is 66.0 Å². The molecule has 11 heteroatoms. The predicted molar refractivity (Wildman–Crippen MR) is 114 cm³/mol. The highest BCUT2D eigenvalue weighted by Gasteiger charge is 2.44. The standard InChI is InChI=1S/C20H25N7O4/c1-2-4-11-5-3-6-12(7-11)8-23-26-20-24-17(21)14-18(25-20)27(10-22-14)19-16(30)15(29)13(9-28)31-19/h3,5-8,10,13,15-16,19,28-30H,2,4,9H2,1H3,(H3,21,24,25,26)/b23-8-/t13-,15-,16-,19-/m1/s1. The molecule has 1 saturated heterocycles. The number of imidazole rings is 1. The molecular weight excluding hydrogens is 402 g/mol. The molecule has 0 amide bonds. The Hall–Kier alpha value is -3.12. The fraction of sp³-hybridized carbons (Fsp3) is 0.400. The van der Waals surface area contributed by atoms with E-state index in [2.05, 4.69) is 44.5 Å². The highest BCUT2D eigenvalue weighted by Crippen LogP contribution is 2.32. The number of aliphatic hydroxyl groups excluding tert-OH is 3. The molecule has 6 N–H and O–H groups in total. The summed E-state index contributed by atoms with van der Waals surface area (Å²) in [7, 11) is 0. The van der Waals surface area contributed by atoms with Crippen LogP contribution in [0.4, 0.5) is 11.8 Å². The number of nitrogen functional groups attached to an aromatic ring is 1. The molecule has 4 atom stereocenters. The van der Waals surface area contributed by atoms with E-state index in [-0.39, 0.29) is 11.8 Å². The Bertz CT molecular complexity index is 1090. The van der Waals surface area contributed by atoms with Gasteiger partial charge in [0.05, 0.1) is 19.1 Å². The second-order valence-corrected chi connectivity index (χ2v) is 7.35. The Kier molecular flexibility index (Phi) is 6.09. The lowest BCUT2D eigenvalue weighted by Crippen LogP contribution is -2.33. The molecule has 1 fully saturated rings. The minimum absolute atomic E-state index is 0.123. The number of aromatic nitrogens is 4. The number of nitrogens with one attached hydrogen (secondary N) is 1. The van der Waals surface area contributed by atoms with E-state index < -0.39 is 31.1 Å². The number of hydrogen-bond donors (Lipinski definition) is 5. The third-order valence-electron chi connectivity index (χ3n) is 5.11. The van der Waals surface area contributed by atoms with Crippen LogP contribution in [0.15, 0.2) is 35.7 Å². The lowest BCUT2D eigenvalue weighted by Gasteiger charge is -2.16. The zero-order chi connectivity index (χ0) is 22.0. The van der Waals surface area contributed by atoms with E-state index in [0.29, 0.717) is 11.2 Å². The highest BCUT2D eigenvalue weighted by atomic mass is 16.6. The molecule has 4 rings (SSSR count). The number of fused-ring (bicyclic) bond motifs is 1. The van der Waals surface area contributed by atoms with Crippen molar-refractivity contribution in [3.05, 3.63) is 41.7 Å². The number of benzene rings is 1. The summed E-state index contributed by atoms with van der Waals surface area (Å²) in [6.07, 6.45) is 0.708. The van der Waals surface area contributed by atoms with Gasteiger partial charge < -0.3 is 25.8 Å². The summed E-state index contributed by atoms with van der Waals surface area (Å²) < 4.78 is 7.00. The van der Waals surface area contributed by atoms with Crippen molar-refractivity contribution in [2.45, 2.75) is 44.3 Å². The third-order valence-corrected chi connectivity index (χ3v) is 5.11. The molecule has 1 aliphatic heterocycles. The van der Waals surface area contributed by atoms with Crippen molar-refractivity contribution < 1.29 is 20.1 Å². The summed E-state index contributed by atoms with van der Waals surface area (Å²) in [6.45, 7) is 1.70. The number of ether oxygens (including phenoxy) is 1. The number of hydrazone groups is 1.